The monoisotopic (exact) mass is 312 g/mol. The number of aryl methyl sites for hydroxylation is 1. The van der Waals surface area contributed by atoms with E-state index in [2.05, 4.69) is 25.1 Å². The fourth-order valence-electron chi connectivity index (χ4n) is 3.48. The zero-order valence-electron chi connectivity index (χ0n) is 13.6. The second kappa shape index (κ2) is 5.27. The number of hydrogen-bond donors (Lipinski definition) is 0. The number of rotatable bonds is 1. The van der Waals surface area contributed by atoms with Gasteiger partial charge in [-0.3, -0.25) is 9.59 Å². The highest BCUT2D eigenvalue weighted by atomic mass is 16.1. The van der Waals surface area contributed by atoms with E-state index in [1.165, 1.54) is 6.08 Å². The van der Waals surface area contributed by atoms with Crippen molar-refractivity contribution < 1.29 is 9.59 Å². The first kappa shape index (κ1) is 14.6. The molecule has 0 N–H and O–H groups in total. The van der Waals surface area contributed by atoms with Crippen molar-refractivity contribution in [2.45, 2.75) is 13.8 Å². The van der Waals surface area contributed by atoms with Crippen LogP contribution in [0.4, 0.5) is 0 Å². The van der Waals surface area contributed by atoms with E-state index in [1.54, 1.807) is 13.0 Å². The van der Waals surface area contributed by atoms with Gasteiger partial charge in [-0.15, -0.1) is 0 Å². The normalized spacial score (nSPS) is 13.8. The lowest BCUT2D eigenvalue weighted by Crippen LogP contribution is -2.16. The summed E-state index contributed by atoms with van der Waals surface area (Å²) >= 11 is 0. The molecule has 3 aliphatic rings. The van der Waals surface area contributed by atoms with Gasteiger partial charge in [-0.25, -0.2) is 0 Å². The van der Waals surface area contributed by atoms with Gasteiger partial charge < -0.3 is 0 Å². The summed E-state index contributed by atoms with van der Waals surface area (Å²) in [6.45, 7) is 3.77. The van der Waals surface area contributed by atoms with Gasteiger partial charge in [0, 0.05) is 16.7 Å². The zero-order valence-corrected chi connectivity index (χ0v) is 13.6. The number of benzene rings is 1. The van der Waals surface area contributed by atoms with Crippen molar-refractivity contribution in [3.8, 4) is 22.3 Å². The molecule has 2 nitrogen and oxygen atoms in total. The van der Waals surface area contributed by atoms with Crippen molar-refractivity contribution in [1.82, 2.24) is 0 Å². The van der Waals surface area contributed by atoms with Crippen LogP contribution >= 0.6 is 0 Å². The third-order valence-electron chi connectivity index (χ3n) is 4.67. The Hall–Kier alpha value is -3.00. The van der Waals surface area contributed by atoms with Crippen LogP contribution in [0.3, 0.4) is 0 Å². The van der Waals surface area contributed by atoms with Crippen LogP contribution in [0, 0.1) is 6.92 Å². The van der Waals surface area contributed by atoms with Crippen LogP contribution in [0.15, 0.2) is 66.2 Å². The molecule has 0 saturated carbocycles. The molecule has 116 valence electrons. The largest absolute Gasteiger partial charge is 0.289 e. The highest BCUT2D eigenvalue weighted by molar-refractivity contribution is 6.26. The van der Waals surface area contributed by atoms with Crippen molar-refractivity contribution in [1.29, 1.82) is 0 Å². The Kier molecular flexibility index (Phi) is 3.20. The molecule has 0 amide bonds. The first-order valence-electron chi connectivity index (χ1n) is 7.97. The molecule has 0 saturated heterocycles. The minimum Gasteiger partial charge on any atom is -0.289 e. The summed E-state index contributed by atoms with van der Waals surface area (Å²) in [5.41, 5.74) is 6.78. The van der Waals surface area contributed by atoms with Crippen LogP contribution in [0.5, 0.6) is 0 Å². The summed E-state index contributed by atoms with van der Waals surface area (Å²) in [6.07, 6.45) is 1.43. The lowest BCUT2D eigenvalue weighted by atomic mass is 9.84. The second-order valence-electron chi connectivity index (χ2n) is 6.23. The minimum atomic E-state index is -0.0953. The molecule has 0 spiro atoms. The van der Waals surface area contributed by atoms with Gasteiger partial charge >= 0.3 is 0 Å². The van der Waals surface area contributed by atoms with E-state index in [-0.39, 0.29) is 11.6 Å². The molecule has 0 radical (unpaired) electrons. The fourth-order valence-corrected chi connectivity index (χ4v) is 3.48. The molecule has 1 aromatic rings. The zero-order chi connectivity index (χ0) is 16.8. The molecule has 0 unspecified atom stereocenters. The molecule has 0 heterocycles. The smallest absolute Gasteiger partial charge is 0.190 e. The van der Waals surface area contributed by atoms with E-state index in [4.69, 9.17) is 0 Å². The number of hydrogen-bond acceptors (Lipinski definition) is 2. The van der Waals surface area contributed by atoms with Crippen LogP contribution < -0.4 is 0 Å². The van der Waals surface area contributed by atoms with Gasteiger partial charge in [0.15, 0.2) is 11.6 Å². The highest BCUT2D eigenvalue weighted by Gasteiger charge is 2.27. The number of fused-ring (bicyclic) bond motifs is 2. The van der Waals surface area contributed by atoms with Crippen molar-refractivity contribution in [3.05, 3.63) is 82.9 Å². The Balaban J connectivity index is 2.04. The summed E-state index contributed by atoms with van der Waals surface area (Å²) < 4.78 is 0. The summed E-state index contributed by atoms with van der Waals surface area (Å²) in [6, 6.07) is 17.8. The number of Topliss-reactive ketones (excluding diaryl/α,β-unsaturated/α-hetero) is 1. The van der Waals surface area contributed by atoms with Gasteiger partial charge in [-0.05, 0) is 47.7 Å². The van der Waals surface area contributed by atoms with E-state index in [9.17, 15) is 9.59 Å². The molecule has 0 fully saturated rings. The van der Waals surface area contributed by atoms with Crippen molar-refractivity contribution in [3.63, 3.8) is 0 Å². The Labute approximate surface area is 140 Å². The van der Waals surface area contributed by atoms with Gasteiger partial charge in [-0.1, -0.05) is 54.6 Å². The van der Waals surface area contributed by atoms with E-state index < -0.39 is 0 Å². The molecule has 0 atom stereocenters. The third-order valence-corrected chi connectivity index (χ3v) is 4.67. The standard InChI is InChI=1S/C22H16O2/c1-13-11-19(16-8-5-3-4-7-15(13)16)17-9-6-10-18-20(23)12-14(2)22(24)21(17)18/h3-12H,1-2H3. The molecule has 1 aromatic carbocycles. The van der Waals surface area contributed by atoms with E-state index in [0.717, 1.165) is 27.8 Å². The SMILES string of the molecule is CC1=CC(=O)c2cccc(-c3cc(C)c4cccccc3-4)c2C1=O. The molecule has 4 rings (SSSR count). The molecule has 0 aliphatic heterocycles. The summed E-state index contributed by atoms with van der Waals surface area (Å²) in [4.78, 5) is 25.1. The predicted molar refractivity (Wildman–Crippen MR) is 95.7 cm³/mol. The summed E-state index contributed by atoms with van der Waals surface area (Å²) in [7, 11) is 0. The van der Waals surface area contributed by atoms with Crippen molar-refractivity contribution >= 4 is 11.6 Å². The van der Waals surface area contributed by atoms with Gasteiger partial charge in [0.2, 0.25) is 0 Å². The molecule has 0 aromatic heterocycles. The van der Waals surface area contributed by atoms with Crippen LogP contribution in [0.1, 0.15) is 33.2 Å². The topological polar surface area (TPSA) is 34.1 Å². The van der Waals surface area contributed by atoms with Gasteiger partial charge in [0.05, 0.1) is 0 Å². The average Bonchev–Trinajstić information content (AvgIpc) is 2.75. The molecule has 0 bridgehead atoms. The second-order valence-corrected chi connectivity index (χ2v) is 6.23. The lowest BCUT2D eigenvalue weighted by molar-refractivity contribution is 0.0985. The van der Waals surface area contributed by atoms with Crippen LogP contribution in [-0.4, -0.2) is 11.6 Å². The quantitative estimate of drug-likeness (QED) is 0.627. The van der Waals surface area contributed by atoms with Crippen LogP contribution in [0.2, 0.25) is 0 Å². The maximum absolute atomic E-state index is 12.7. The average molecular weight is 312 g/mol. The number of carbonyl (C=O) groups excluding carboxylic acids is 2. The Bertz CT molecular complexity index is 1010. The molecule has 2 heteroatoms. The van der Waals surface area contributed by atoms with E-state index >= 15 is 0 Å². The Morgan fingerprint density at radius 1 is 0.667 bits per heavy atom. The summed E-state index contributed by atoms with van der Waals surface area (Å²) in [5, 5.41) is 0. The van der Waals surface area contributed by atoms with Gasteiger partial charge in [-0.2, -0.15) is 0 Å². The molecule has 3 aliphatic carbocycles. The van der Waals surface area contributed by atoms with Crippen LogP contribution in [0.25, 0.3) is 22.3 Å². The highest BCUT2D eigenvalue weighted by Crippen LogP contribution is 2.41. The van der Waals surface area contributed by atoms with Crippen LogP contribution in [-0.2, 0) is 0 Å². The van der Waals surface area contributed by atoms with E-state index in [1.807, 2.05) is 30.3 Å². The molecule has 24 heavy (non-hydrogen) atoms. The van der Waals surface area contributed by atoms with Gasteiger partial charge in [0.25, 0.3) is 0 Å². The van der Waals surface area contributed by atoms with E-state index in [0.29, 0.717) is 16.7 Å². The predicted octanol–water partition coefficient (Wildman–Crippen LogP) is 5.09. The Morgan fingerprint density at radius 3 is 2.12 bits per heavy atom. The molecular weight excluding hydrogens is 296 g/mol. The number of carbonyl (C=O) groups is 2. The van der Waals surface area contributed by atoms with Crippen molar-refractivity contribution in [2.75, 3.05) is 0 Å². The fraction of sp³-hybridized carbons (Fsp3) is 0.0909. The van der Waals surface area contributed by atoms with Crippen molar-refractivity contribution in [2.24, 2.45) is 0 Å². The number of allylic oxidation sites excluding steroid dienone is 2. The first-order valence-corrected chi connectivity index (χ1v) is 7.97. The lowest BCUT2D eigenvalue weighted by Gasteiger charge is -2.17. The minimum absolute atomic E-state index is 0.0625. The van der Waals surface area contributed by atoms with Gasteiger partial charge in [0.1, 0.15) is 0 Å². The maximum atomic E-state index is 12.7. The molecular formula is C22H16O2. The Morgan fingerprint density at radius 2 is 1.33 bits per heavy atom. The first-order chi connectivity index (χ1) is 11.6. The summed E-state index contributed by atoms with van der Waals surface area (Å²) in [5.74, 6) is -0.158. The number of ketones is 2. The third kappa shape index (κ3) is 2.04. The maximum Gasteiger partial charge on any atom is 0.190 e.